The average Bonchev–Trinajstić information content (AvgIpc) is 2.39. The normalized spacial score (nSPS) is 11.2. The third-order valence-electron chi connectivity index (χ3n) is 2.58. The van der Waals surface area contributed by atoms with Crippen LogP contribution in [0.25, 0.3) is 0 Å². The molecule has 0 saturated carbocycles. The SMILES string of the molecule is CC(N)=C(C#N)C(=O)COC(=O)c1cccc(C)c1O. The third-order valence-corrected chi connectivity index (χ3v) is 2.58. The van der Waals surface area contributed by atoms with Crippen LogP contribution in [0, 0.1) is 18.3 Å². The number of ether oxygens (including phenoxy) is 1. The summed E-state index contributed by atoms with van der Waals surface area (Å²) >= 11 is 0. The molecule has 0 aliphatic heterocycles. The van der Waals surface area contributed by atoms with Gasteiger partial charge in [-0.05, 0) is 25.5 Å². The number of allylic oxidation sites excluding steroid dienone is 1. The van der Waals surface area contributed by atoms with Gasteiger partial charge in [0, 0.05) is 5.70 Å². The summed E-state index contributed by atoms with van der Waals surface area (Å²) in [6, 6.07) is 6.24. The summed E-state index contributed by atoms with van der Waals surface area (Å²) in [7, 11) is 0. The molecule has 0 bridgehead atoms. The summed E-state index contributed by atoms with van der Waals surface area (Å²) in [5.74, 6) is -1.73. The number of para-hydroxylation sites is 1. The molecule has 3 N–H and O–H groups in total. The monoisotopic (exact) mass is 274 g/mol. The molecule has 104 valence electrons. The number of aryl methyl sites for hydroxylation is 1. The number of phenolic OH excluding ortho intramolecular Hbond substituents is 1. The second kappa shape index (κ2) is 6.38. The van der Waals surface area contributed by atoms with E-state index in [4.69, 9.17) is 15.7 Å². The van der Waals surface area contributed by atoms with Gasteiger partial charge in [0.1, 0.15) is 23.0 Å². The maximum Gasteiger partial charge on any atom is 0.342 e. The zero-order valence-corrected chi connectivity index (χ0v) is 11.1. The van der Waals surface area contributed by atoms with Gasteiger partial charge in [-0.1, -0.05) is 12.1 Å². The molecule has 0 atom stereocenters. The Morgan fingerprint density at radius 1 is 1.45 bits per heavy atom. The molecule has 0 amide bonds. The molecule has 1 rings (SSSR count). The smallest absolute Gasteiger partial charge is 0.342 e. The summed E-state index contributed by atoms with van der Waals surface area (Å²) < 4.78 is 4.77. The van der Waals surface area contributed by atoms with Crippen LogP contribution >= 0.6 is 0 Å². The Balaban J connectivity index is 2.79. The van der Waals surface area contributed by atoms with Crippen molar-refractivity contribution in [3.05, 3.63) is 40.6 Å². The number of hydrogen-bond acceptors (Lipinski definition) is 6. The highest BCUT2D eigenvalue weighted by molar-refractivity contribution is 6.02. The maximum absolute atomic E-state index is 11.7. The van der Waals surface area contributed by atoms with Gasteiger partial charge < -0.3 is 15.6 Å². The number of nitriles is 1. The van der Waals surface area contributed by atoms with Crippen molar-refractivity contribution in [3.8, 4) is 11.8 Å². The first-order valence-electron chi connectivity index (χ1n) is 5.73. The summed E-state index contributed by atoms with van der Waals surface area (Å²) in [4.78, 5) is 23.3. The molecule has 20 heavy (non-hydrogen) atoms. The number of carbonyl (C=O) groups is 2. The molecule has 6 heteroatoms. The van der Waals surface area contributed by atoms with Gasteiger partial charge in [-0.15, -0.1) is 0 Å². The number of nitrogens with zero attached hydrogens (tertiary/aromatic N) is 1. The van der Waals surface area contributed by atoms with Crippen molar-refractivity contribution >= 4 is 11.8 Å². The first-order valence-corrected chi connectivity index (χ1v) is 5.73. The first-order chi connectivity index (χ1) is 9.38. The van der Waals surface area contributed by atoms with Crippen molar-refractivity contribution < 1.29 is 19.4 Å². The number of aromatic hydroxyl groups is 1. The highest BCUT2D eigenvalue weighted by Crippen LogP contribution is 2.22. The van der Waals surface area contributed by atoms with Gasteiger partial charge in [-0.3, -0.25) is 4.79 Å². The maximum atomic E-state index is 11.7. The molecule has 6 nitrogen and oxygen atoms in total. The van der Waals surface area contributed by atoms with Crippen molar-refractivity contribution in [2.24, 2.45) is 5.73 Å². The van der Waals surface area contributed by atoms with E-state index in [0.717, 1.165) is 0 Å². The molecule has 1 aromatic carbocycles. The second-order valence-electron chi connectivity index (χ2n) is 4.14. The topological polar surface area (TPSA) is 113 Å². The quantitative estimate of drug-likeness (QED) is 0.484. The number of phenols is 1. The van der Waals surface area contributed by atoms with E-state index < -0.39 is 18.4 Å². The number of rotatable bonds is 4. The minimum Gasteiger partial charge on any atom is -0.507 e. The van der Waals surface area contributed by atoms with E-state index in [1.54, 1.807) is 25.1 Å². The van der Waals surface area contributed by atoms with Crippen molar-refractivity contribution in [1.29, 1.82) is 5.26 Å². The third kappa shape index (κ3) is 3.36. The van der Waals surface area contributed by atoms with E-state index >= 15 is 0 Å². The van der Waals surface area contributed by atoms with Gasteiger partial charge in [0.05, 0.1) is 0 Å². The minimum atomic E-state index is -0.841. The van der Waals surface area contributed by atoms with Gasteiger partial charge in [-0.2, -0.15) is 5.26 Å². The number of benzene rings is 1. The van der Waals surface area contributed by atoms with E-state index in [1.807, 2.05) is 0 Å². The predicted molar refractivity (Wildman–Crippen MR) is 70.6 cm³/mol. The summed E-state index contributed by atoms with van der Waals surface area (Å²) in [5.41, 5.74) is 5.66. The lowest BCUT2D eigenvalue weighted by atomic mass is 10.1. The van der Waals surface area contributed by atoms with E-state index in [1.165, 1.54) is 13.0 Å². The Morgan fingerprint density at radius 2 is 2.10 bits per heavy atom. The largest absolute Gasteiger partial charge is 0.507 e. The first kappa shape index (κ1) is 15.2. The van der Waals surface area contributed by atoms with E-state index in [-0.39, 0.29) is 22.6 Å². The molecular weight excluding hydrogens is 260 g/mol. The Kier molecular flexibility index (Phi) is 4.87. The molecule has 0 aliphatic rings. The number of esters is 1. The Morgan fingerprint density at radius 3 is 2.65 bits per heavy atom. The van der Waals surface area contributed by atoms with Crippen LogP contribution in [-0.4, -0.2) is 23.5 Å². The molecule has 0 aliphatic carbocycles. The molecule has 0 spiro atoms. The molecule has 0 aromatic heterocycles. The molecule has 0 saturated heterocycles. The van der Waals surface area contributed by atoms with Crippen LogP contribution in [0.1, 0.15) is 22.8 Å². The highest BCUT2D eigenvalue weighted by atomic mass is 16.5. The van der Waals surface area contributed by atoms with Crippen LogP contribution in [0.4, 0.5) is 0 Å². The lowest BCUT2D eigenvalue weighted by Crippen LogP contribution is -2.17. The summed E-state index contributed by atoms with van der Waals surface area (Å²) in [5, 5.41) is 18.4. The van der Waals surface area contributed by atoms with Gasteiger partial charge in [0.25, 0.3) is 0 Å². The number of Topliss-reactive ketones (excluding diaryl/α,β-unsaturated/α-hetero) is 1. The minimum absolute atomic E-state index is 0.0373. The second-order valence-corrected chi connectivity index (χ2v) is 4.14. The zero-order chi connectivity index (χ0) is 15.3. The summed E-state index contributed by atoms with van der Waals surface area (Å²) in [6.45, 7) is 2.43. The van der Waals surface area contributed by atoms with Gasteiger partial charge >= 0.3 is 5.97 Å². The molecule has 0 heterocycles. The van der Waals surface area contributed by atoms with Crippen LogP contribution < -0.4 is 5.73 Å². The number of ketones is 1. The number of nitrogens with two attached hydrogens (primary N) is 1. The van der Waals surface area contributed by atoms with Crippen molar-refractivity contribution in [1.82, 2.24) is 0 Å². The molecular formula is C14H14N2O4. The fourth-order valence-electron chi connectivity index (χ4n) is 1.48. The van der Waals surface area contributed by atoms with Gasteiger partial charge in [0.15, 0.2) is 6.61 Å². The molecule has 0 unspecified atom stereocenters. The molecule has 1 aromatic rings. The van der Waals surface area contributed by atoms with Crippen LogP contribution in [0.5, 0.6) is 5.75 Å². The number of hydrogen-bond donors (Lipinski definition) is 2. The van der Waals surface area contributed by atoms with E-state index in [9.17, 15) is 14.7 Å². The van der Waals surface area contributed by atoms with Crippen LogP contribution in [0.15, 0.2) is 29.5 Å². The molecule has 0 radical (unpaired) electrons. The number of carbonyl (C=O) groups excluding carboxylic acids is 2. The average molecular weight is 274 g/mol. The fraction of sp³-hybridized carbons (Fsp3) is 0.214. The standard InChI is InChI=1S/C14H14N2O4/c1-8-4-3-5-10(13(8)18)14(19)20-7-12(17)11(6-15)9(2)16/h3-5,18H,7,16H2,1-2H3. The molecule has 0 fully saturated rings. The zero-order valence-electron chi connectivity index (χ0n) is 11.1. The Bertz CT molecular complexity index is 623. The summed E-state index contributed by atoms with van der Waals surface area (Å²) in [6.07, 6.45) is 0. The lowest BCUT2D eigenvalue weighted by molar-refractivity contribution is -0.118. The predicted octanol–water partition coefficient (Wildman–Crippen LogP) is 1.18. The lowest BCUT2D eigenvalue weighted by Gasteiger charge is -2.07. The van der Waals surface area contributed by atoms with Crippen molar-refractivity contribution in [2.45, 2.75) is 13.8 Å². The van der Waals surface area contributed by atoms with Crippen molar-refractivity contribution in [2.75, 3.05) is 6.61 Å². The Hall–Kier alpha value is -2.81. The van der Waals surface area contributed by atoms with Crippen LogP contribution in [0.3, 0.4) is 0 Å². The van der Waals surface area contributed by atoms with Crippen LogP contribution in [0.2, 0.25) is 0 Å². The van der Waals surface area contributed by atoms with Gasteiger partial charge in [0.2, 0.25) is 5.78 Å². The fourth-order valence-corrected chi connectivity index (χ4v) is 1.48. The van der Waals surface area contributed by atoms with E-state index in [0.29, 0.717) is 5.56 Å². The van der Waals surface area contributed by atoms with Gasteiger partial charge in [-0.25, -0.2) is 4.79 Å². The highest BCUT2D eigenvalue weighted by Gasteiger charge is 2.18. The van der Waals surface area contributed by atoms with Crippen molar-refractivity contribution in [3.63, 3.8) is 0 Å². The Labute approximate surface area is 116 Å². The van der Waals surface area contributed by atoms with E-state index in [2.05, 4.69) is 0 Å². The van der Waals surface area contributed by atoms with Crippen LogP contribution in [-0.2, 0) is 9.53 Å².